The smallest absolute Gasteiger partial charge is 0.0162 e. The van der Waals surface area contributed by atoms with Crippen LogP contribution in [-0.4, -0.2) is 0 Å². The molecule has 1 aromatic carbocycles. The topological polar surface area (TPSA) is 0 Å². The highest BCUT2D eigenvalue weighted by Gasteiger charge is 2.21. The molecular weight excluding hydrogens is 264 g/mol. The highest BCUT2D eigenvalue weighted by molar-refractivity contribution is 5.26. The second-order valence-corrected chi connectivity index (χ2v) is 7.47. The average molecular weight is 301 g/mol. The number of rotatable bonds is 8. The molecule has 1 aromatic rings. The van der Waals surface area contributed by atoms with Crippen LogP contribution in [0.25, 0.3) is 0 Å². The Morgan fingerprint density at radius 1 is 0.909 bits per heavy atom. The fourth-order valence-electron chi connectivity index (χ4n) is 4.22. The Morgan fingerprint density at radius 3 is 2.09 bits per heavy atom. The summed E-state index contributed by atoms with van der Waals surface area (Å²) in [7, 11) is 0. The summed E-state index contributed by atoms with van der Waals surface area (Å²) in [6, 6.07) is 9.64. The van der Waals surface area contributed by atoms with Gasteiger partial charge in [0.25, 0.3) is 0 Å². The van der Waals surface area contributed by atoms with Crippen molar-refractivity contribution in [3.63, 3.8) is 0 Å². The van der Waals surface area contributed by atoms with Crippen LogP contribution < -0.4 is 0 Å². The van der Waals surface area contributed by atoms with E-state index in [9.17, 15) is 0 Å². The standard InChI is InChI=1S/C22H36/c1-4-7-19-10-14-21(15-11-19)22-16-12-20(13-17-22)9-8-18(5-2)6-3/h12-13,16-19,21H,4-11,14-15H2,1-3H3. The molecule has 2 rings (SSSR count). The normalized spacial score (nSPS) is 22.2. The Kier molecular flexibility index (Phi) is 7.49. The zero-order valence-electron chi connectivity index (χ0n) is 15.1. The van der Waals surface area contributed by atoms with Crippen LogP contribution in [0.3, 0.4) is 0 Å². The lowest BCUT2D eigenvalue weighted by Gasteiger charge is -2.28. The Morgan fingerprint density at radius 2 is 1.55 bits per heavy atom. The molecule has 1 fully saturated rings. The van der Waals surface area contributed by atoms with Crippen LogP contribution in [0.4, 0.5) is 0 Å². The molecule has 0 aromatic heterocycles. The summed E-state index contributed by atoms with van der Waals surface area (Å²) in [6.45, 7) is 6.98. The molecule has 0 radical (unpaired) electrons. The third-order valence-corrected chi connectivity index (χ3v) is 5.99. The van der Waals surface area contributed by atoms with E-state index in [0.717, 1.165) is 17.8 Å². The predicted octanol–water partition coefficient (Wildman–Crippen LogP) is 7.13. The van der Waals surface area contributed by atoms with Gasteiger partial charge in [0, 0.05) is 0 Å². The summed E-state index contributed by atoms with van der Waals surface area (Å²) in [5.74, 6) is 2.76. The quantitative estimate of drug-likeness (QED) is 0.479. The third kappa shape index (κ3) is 5.14. The first-order chi connectivity index (χ1) is 10.8. The molecular formula is C22H36. The number of hydrogen-bond donors (Lipinski definition) is 0. The SMILES string of the molecule is CCCC1CCC(c2ccc(CCC(CC)CC)cc2)CC1. The molecule has 1 aliphatic carbocycles. The van der Waals surface area contributed by atoms with Crippen molar-refractivity contribution in [3.05, 3.63) is 35.4 Å². The zero-order chi connectivity index (χ0) is 15.8. The second kappa shape index (κ2) is 9.38. The highest BCUT2D eigenvalue weighted by Crippen LogP contribution is 2.37. The van der Waals surface area contributed by atoms with E-state index in [-0.39, 0.29) is 0 Å². The molecule has 0 aliphatic heterocycles. The first kappa shape index (κ1) is 17.6. The minimum absolute atomic E-state index is 0.834. The third-order valence-electron chi connectivity index (χ3n) is 5.99. The van der Waals surface area contributed by atoms with E-state index < -0.39 is 0 Å². The summed E-state index contributed by atoms with van der Waals surface area (Å²) in [6.07, 6.45) is 13.8. The van der Waals surface area contributed by atoms with Gasteiger partial charge in [-0.05, 0) is 67.4 Å². The van der Waals surface area contributed by atoms with Gasteiger partial charge in [-0.3, -0.25) is 0 Å². The van der Waals surface area contributed by atoms with Gasteiger partial charge in [-0.2, -0.15) is 0 Å². The maximum absolute atomic E-state index is 2.42. The molecule has 0 heterocycles. The number of benzene rings is 1. The Labute approximate surface area is 138 Å². The van der Waals surface area contributed by atoms with Crippen molar-refractivity contribution in [1.82, 2.24) is 0 Å². The molecule has 0 heteroatoms. The summed E-state index contributed by atoms with van der Waals surface area (Å²) in [5.41, 5.74) is 3.14. The Balaban J connectivity index is 1.82. The van der Waals surface area contributed by atoms with Gasteiger partial charge in [0.2, 0.25) is 0 Å². The first-order valence-electron chi connectivity index (χ1n) is 9.85. The van der Waals surface area contributed by atoms with Crippen molar-refractivity contribution < 1.29 is 0 Å². The van der Waals surface area contributed by atoms with Gasteiger partial charge in [0.15, 0.2) is 0 Å². The van der Waals surface area contributed by atoms with Crippen molar-refractivity contribution in [2.45, 2.75) is 90.9 Å². The zero-order valence-corrected chi connectivity index (χ0v) is 15.1. The molecule has 0 bridgehead atoms. The molecule has 0 saturated heterocycles. The van der Waals surface area contributed by atoms with E-state index in [1.165, 1.54) is 69.8 Å². The van der Waals surface area contributed by atoms with Crippen molar-refractivity contribution in [2.24, 2.45) is 11.8 Å². The molecule has 0 N–H and O–H groups in total. The van der Waals surface area contributed by atoms with Crippen LogP contribution in [0.1, 0.15) is 95.6 Å². The first-order valence-corrected chi connectivity index (χ1v) is 9.85. The molecule has 0 unspecified atom stereocenters. The molecule has 0 spiro atoms. The molecule has 0 atom stereocenters. The minimum Gasteiger partial charge on any atom is -0.0654 e. The lowest BCUT2D eigenvalue weighted by Crippen LogP contribution is -2.13. The minimum atomic E-state index is 0.834. The lowest BCUT2D eigenvalue weighted by atomic mass is 9.77. The van der Waals surface area contributed by atoms with Gasteiger partial charge in [-0.25, -0.2) is 0 Å². The van der Waals surface area contributed by atoms with E-state index in [2.05, 4.69) is 45.0 Å². The van der Waals surface area contributed by atoms with Gasteiger partial charge in [0.05, 0.1) is 0 Å². The van der Waals surface area contributed by atoms with Crippen LogP contribution in [0.2, 0.25) is 0 Å². The molecule has 22 heavy (non-hydrogen) atoms. The van der Waals surface area contributed by atoms with Gasteiger partial charge in [0.1, 0.15) is 0 Å². The van der Waals surface area contributed by atoms with E-state index in [0.29, 0.717) is 0 Å². The van der Waals surface area contributed by atoms with Crippen molar-refractivity contribution in [2.75, 3.05) is 0 Å². The van der Waals surface area contributed by atoms with E-state index >= 15 is 0 Å². The molecule has 0 nitrogen and oxygen atoms in total. The maximum atomic E-state index is 2.42. The molecule has 124 valence electrons. The molecule has 1 saturated carbocycles. The monoisotopic (exact) mass is 300 g/mol. The largest absolute Gasteiger partial charge is 0.0654 e. The van der Waals surface area contributed by atoms with Crippen molar-refractivity contribution in [1.29, 1.82) is 0 Å². The van der Waals surface area contributed by atoms with E-state index in [1.807, 2.05) is 0 Å². The summed E-state index contributed by atoms with van der Waals surface area (Å²) in [4.78, 5) is 0. The van der Waals surface area contributed by atoms with Crippen LogP contribution in [0.5, 0.6) is 0 Å². The van der Waals surface area contributed by atoms with Crippen LogP contribution in [-0.2, 0) is 6.42 Å². The van der Waals surface area contributed by atoms with Gasteiger partial charge in [-0.1, -0.05) is 70.7 Å². The van der Waals surface area contributed by atoms with Gasteiger partial charge < -0.3 is 0 Å². The highest BCUT2D eigenvalue weighted by atomic mass is 14.3. The fraction of sp³-hybridized carbons (Fsp3) is 0.727. The lowest BCUT2D eigenvalue weighted by molar-refractivity contribution is 0.308. The van der Waals surface area contributed by atoms with Gasteiger partial charge in [-0.15, -0.1) is 0 Å². The number of aryl methyl sites for hydroxylation is 1. The Hall–Kier alpha value is -0.780. The van der Waals surface area contributed by atoms with Gasteiger partial charge >= 0.3 is 0 Å². The molecule has 1 aliphatic rings. The average Bonchev–Trinajstić information content (AvgIpc) is 2.57. The van der Waals surface area contributed by atoms with E-state index in [4.69, 9.17) is 0 Å². The summed E-state index contributed by atoms with van der Waals surface area (Å²) < 4.78 is 0. The summed E-state index contributed by atoms with van der Waals surface area (Å²) in [5, 5.41) is 0. The van der Waals surface area contributed by atoms with Crippen LogP contribution in [0.15, 0.2) is 24.3 Å². The summed E-state index contributed by atoms with van der Waals surface area (Å²) >= 11 is 0. The van der Waals surface area contributed by atoms with E-state index in [1.54, 1.807) is 5.56 Å². The van der Waals surface area contributed by atoms with Crippen LogP contribution in [0, 0.1) is 11.8 Å². The second-order valence-electron chi connectivity index (χ2n) is 7.47. The fourth-order valence-corrected chi connectivity index (χ4v) is 4.22. The predicted molar refractivity (Wildman–Crippen MR) is 98.4 cm³/mol. The van der Waals surface area contributed by atoms with Crippen LogP contribution >= 0.6 is 0 Å². The Bertz CT molecular complexity index is 391. The van der Waals surface area contributed by atoms with Crippen molar-refractivity contribution >= 4 is 0 Å². The maximum Gasteiger partial charge on any atom is -0.0162 e. The van der Waals surface area contributed by atoms with Crippen molar-refractivity contribution in [3.8, 4) is 0 Å². The molecule has 0 amide bonds. The number of hydrogen-bond acceptors (Lipinski definition) is 0.